The molecule has 33 heavy (non-hydrogen) atoms. The maximum atomic E-state index is 13.8. The van der Waals surface area contributed by atoms with Gasteiger partial charge in [0, 0.05) is 51.2 Å². The summed E-state index contributed by atoms with van der Waals surface area (Å²) in [6, 6.07) is 14.8. The molecule has 1 aromatic heterocycles. The zero-order chi connectivity index (χ0) is 23.5. The van der Waals surface area contributed by atoms with Gasteiger partial charge in [-0.25, -0.2) is 4.68 Å². The van der Waals surface area contributed by atoms with E-state index in [-0.39, 0.29) is 23.1 Å². The van der Waals surface area contributed by atoms with Gasteiger partial charge >= 0.3 is 0 Å². The van der Waals surface area contributed by atoms with Crippen LogP contribution in [0.3, 0.4) is 0 Å². The van der Waals surface area contributed by atoms with E-state index in [0.717, 1.165) is 24.2 Å². The standard InChI is InChI=1S/C25H29N5O3/c1-18(31)30-14-8-13-27(2)15-16-29(17-19-9-4-7-12-22(19)30)25(33)23-20-10-5-6-11-21(20)24(32)28(3)26-23/h4-7,9-12H,8,13-17H2,1-3H3. The van der Waals surface area contributed by atoms with Gasteiger partial charge < -0.3 is 14.7 Å². The van der Waals surface area contributed by atoms with E-state index >= 15 is 0 Å². The highest BCUT2D eigenvalue weighted by molar-refractivity contribution is 6.04. The monoisotopic (exact) mass is 447 g/mol. The largest absolute Gasteiger partial charge is 0.332 e. The lowest BCUT2D eigenvalue weighted by molar-refractivity contribution is -0.116. The molecule has 0 bridgehead atoms. The number of para-hydroxylation sites is 1. The smallest absolute Gasteiger partial charge is 0.275 e. The molecule has 0 spiro atoms. The van der Waals surface area contributed by atoms with Crippen molar-refractivity contribution in [1.82, 2.24) is 19.6 Å². The van der Waals surface area contributed by atoms with Gasteiger partial charge in [0.25, 0.3) is 11.5 Å². The van der Waals surface area contributed by atoms with Crippen molar-refractivity contribution in [3.63, 3.8) is 0 Å². The lowest BCUT2D eigenvalue weighted by Crippen LogP contribution is -2.38. The Morgan fingerprint density at radius 2 is 1.58 bits per heavy atom. The van der Waals surface area contributed by atoms with Crippen LogP contribution in [0, 0.1) is 0 Å². The third kappa shape index (κ3) is 4.66. The number of benzene rings is 2. The summed E-state index contributed by atoms with van der Waals surface area (Å²) in [7, 11) is 3.58. The molecule has 1 aliphatic heterocycles. The van der Waals surface area contributed by atoms with E-state index in [1.165, 1.54) is 4.68 Å². The minimum Gasteiger partial charge on any atom is -0.332 e. The van der Waals surface area contributed by atoms with Crippen molar-refractivity contribution in [2.45, 2.75) is 19.9 Å². The molecule has 0 saturated heterocycles. The molecule has 0 fully saturated rings. The zero-order valence-corrected chi connectivity index (χ0v) is 19.3. The number of rotatable bonds is 1. The van der Waals surface area contributed by atoms with Crippen molar-refractivity contribution in [3.8, 4) is 0 Å². The fourth-order valence-corrected chi connectivity index (χ4v) is 4.32. The fraction of sp³-hybridized carbons (Fsp3) is 0.360. The molecular formula is C25H29N5O3. The summed E-state index contributed by atoms with van der Waals surface area (Å²) in [5.41, 5.74) is 1.75. The summed E-state index contributed by atoms with van der Waals surface area (Å²) in [6.07, 6.45) is 0.839. The topological polar surface area (TPSA) is 78.8 Å². The molecule has 0 saturated carbocycles. The Balaban J connectivity index is 1.79. The van der Waals surface area contributed by atoms with Crippen LogP contribution in [0.15, 0.2) is 53.3 Å². The summed E-state index contributed by atoms with van der Waals surface area (Å²) in [5.74, 6) is -0.258. The number of aromatic nitrogens is 2. The lowest BCUT2D eigenvalue weighted by Gasteiger charge is -2.27. The molecule has 3 aromatic rings. The molecule has 2 heterocycles. The van der Waals surface area contributed by atoms with Crippen molar-refractivity contribution in [2.24, 2.45) is 7.05 Å². The van der Waals surface area contributed by atoms with Gasteiger partial charge in [-0.1, -0.05) is 36.4 Å². The molecule has 8 nitrogen and oxygen atoms in total. The first-order chi connectivity index (χ1) is 15.9. The molecular weight excluding hydrogens is 418 g/mol. The van der Waals surface area contributed by atoms with Crippen LogP contribution in [0.2, 0.25) is 0 Å². The van der Waals surface area contributed by atoms with Crippen LogP contribution in [-0.2, 0) is 18.4 Å². The first-order valence-corrected chi connectivity index (χ1v) is 11.2. The number of amides is 2. The Morgan fingerprint density at radius 3 is 2.33 bits per heavy atom. The fourth-order valence-electron chi connectivity index (χ4n) is 4.32. The van der Waals surface area contributed by atoms with Gasteiger partial charge in [0.05, 0.1) is 5.39 Å². The number of nitrogens with zero attached hydrogens (tertiary/aromatic N) is 5. The Hall–Kier alpha value is -3.52. The highest BCUT2D eigenvalue weighted by Crippen LogP contribution is 2.25. The molecule has 2 aromatic carbocycles. The number of hydrogen-bond donors (Lipinski definition) is 0. The average molecular weight is 448 g/mol. The molecule has 4 rings (SSSR count). The summed E-state index contributed by atoms with van der Waals surface area (Å²) in [6.45, 7) is 4.54. The summed E-state index contributed by atoms with van der Waals surface area (Å²) >= 11 is 0. The van der Waals surface area contributed by atoms with Gasteiger partial charge in [0.1, 0.15) is 0 Å². The van der Waals surface area contributed by atoms with Crippen LogP contribution >= 0.6 is 0 Å². The van der Waals surface area contributed by atoms with E-state index in [4.69, 9.17) is 0 Å². The third-order valence-electron chi connectivity index (χ3n) is 6.14. The highest BCUT2D eigenvalue weighted by atomic mass is 16.2. The number of hydrogen-bond acceptors (Lipinski definition) is 5. The molecule has 0 radical (unpaired) electrons. The Bertz CT molecular complexity index is 1250. The number of carbonyl (C=O) groups excluding carboxylic acids is 2. The van der Waals surface area contributed by atoms with Crippen molar-refractivity contribution >= 4 is 28.3 Å². The predicted molar refractivity (Wildman–Crippen MR) is 128 cm³/mol. The van der Waals surface area contributed by atoms with Gasteiger partial charge in [-0.2, -0.15) is 5.10 Å². The average Bonchev–Trinajstić information content (AvgIpc) is 2.84. The number of fused-ring (bicyclic) bond motifs is 2. The van der Waals surface area contributed by atoms with Gasteiger partial charge in [-0.3, -0.25) is 14.4 Å². The van der Waals surface area contributed by atoms with Crippen LogP contribution in [0.5, 0.6) is 0 Å². The Labute approximate surface area is 193 Å². The normalized spacial score (nSPS) is 15.7. The van der Waals surface area contributed by atoms with Crippen molar-refractivity contribution in [2.75, 3.05) is 38.1 Å². The molecule has 172 valence electrons. The van der Waals surface area contributed by atoms with E-state index < -0.39 is 0 Å². The first kappa shape index (κ1) is 22.7. The van der Waals surface area contributed by atoms with E-state index in [1.54, 1.807) is 48.0 Å². The van der Waals surface area contributed by atoms with Crippen LogP contribution in [-0.4, -0.2) is 64.6 Å². The quantitative estimate of drug-likeness (QED) is 0.572. The summed E-state index contributed by atoms with van der Waals surface area (Å²) in [5, 5.41) is 5.36. The van der Waals surface area contributed by atoms with Gasteiger partial charge in [0.15, 0.2) is 5.69 Å². The number of aryl methyl sites for hydroxylation is 1. The summed E-state index contributed by atoms with van der Waals surface area (Å²) in [4.78, 5) is 44.5. The van der Waals surface area contributed by atoms with Crippen LogP contribution in [0.25, 0.3) is 10.8 Å². The maximum absolute atomic E-state index is 13.8. The number of likely N-dealkylation sites (N-methyl/N-ethyl adjacent to an activating group) is 1. The predicted octanol–water partition coefficient (Wildman–Crippen LogP) is 2.26. The number of carbonyl (C=O) groups is 2. The minimum atomic E-state index is -0.237. The van der Waals surface area contributed by atoms with Crippen LogP contribution in [0.1, 0.15) is 29.4 Å². The lowest BCUT2D eigenvalue weighted by atomic mass is 10.1. The molecule has 0 aliphatic carbocycles. The van der Waals surface area contributed by atoms with E-state index in [0.29, 0.717) is 37.0 Å². The second kappa shape index (κ2) is 9.54. The second-order valence-corrected chi connectivity index (χ2v) is 8.51. The van der Waals surface area contributed by atoms with Crippen molar-refractivity contribution < 1.29 is 9.59 Å². The minimum absolute atomic E-state index is 0.0204. The van der Waals surface area contributed by atoms with Gasteiger partial charge in [-0.05, 0) is 37.7 Å². The third-order valence-corrected chi connectivity index (χ3v) is 6.14. The first-order valence-electron chi connectivity index (χ1n) is 11.2. The zero-order valence-electron chi connectivity index (χ0n) is 19.3. The molecule has 8 heteroatoms. The van der Waals surface area contributed by atoms with Crippen molar-refractivity contribution in [3.05, 3.63) is 70.1 Å². The number of anilines is 1. The van der Waals surface area contributed by atoms with Crippen LogP contribution < -0.4 is 10.5 Å². The van der Waals surface area contributed by atoms with E-state index in [1.807, 2.05) is 31.3 Å². The molecule has 0 unspecified atom stereocenters. The Kier molecular flexibility index (Phi) is 6.55. The molecule has 0 atom stereocenters. The SMILES string of the molecule is CC(=O)N1CCCN(C)CCN(C(=O)c2nn(C)c(=O)c3ccccc23)Cc2ccccc21. The Morgan fingerprint density at radius 1 is 0.879 bits per heavy atom. The highest BCUT2D eigenvalue weighted by Gasteiger charge is 2.25. The molecule has 0 N–H and O–H groups in total. The van der Waals surface area contributed by atoms with E-state index in [2.05, 4.69) is 10.00 Å². The van der Waals surface area contributed by atoms with Crippen LogP contribution in [0.4, 0.5) is 5.69 Å². The van der Waals surface area contributed by atoms with Crippen molar-refractivity contribution in [1.29, 1.82) is 0 Å². The second-order valence-electron chi connectivity index (χ2n) is 8.51. The maximum Gasteiger partial charge on any atom is 0.275 e. The summed E-state index contributed by atoms with van der Waals surface area (Å²) < 4.78 is 1.22. The molecule has 1 aliphatic rings. The van der Waals surface area contributed by atoms with Gasteiger partial charge in [-0.15, -0.1) is 0 Å². The van der Waals surface area contributed by atoms with E-state index in [9.17, 15) is 14.4 Å². The molecule has 2 amide bonds. The van der Waals surface area contributed by atoms with Gasteiger partial charge in [0.2, 0.25) is 5.91 Å².